The van der Waals surface area contributed by atoms with Crippen LogP contribution in [0.1, 0.15) is 5.69 Å². The van der Waals surface area contributed by atoms with Crippen LogP contribution in [-0.2, 0) is 0 Å². The largest absolute Gasteiger partial charge is 0.497 e. The number of aromatic nitrogens is 2. The Balaban J connectivity index is 1.80. The molecule has 0 amide bonds. The Morgan fingerprint density at radius 3 is 2.42 bits per heavy atom. The van der Waals surface area contributed by atoms with Crippen molar-refractivity contribution in [2.45, 2.75) is 6.92 Å². The van der Waals surface area contributed by atoms with E-state index in [1.54, 1.807) is 25.3 Å². The zero-order valence-electron chi connectivity index (χ0n) is 13.4. The third-order valence-electron chi connectivity index (χ3n) is 3.30. The highest BCUT2D eigenvalue weighted by Gasteiger charge is 2.04. The SMILES string of the molecule is COc1ccc(Nc2nc(C)cc(Nc3cccc(F)c3)n2)cc1. The molecule has 1 aromatic heterocycles. The summed E-state index contributed by atoms with van der Waals surface area (Å²) in [4.78, 5) is 8.77. The molecule has 24 heavy (non-hydrogen) atoms. The zero-order chi connectivity index (χ0) is 16.9. The van der Waals surface area contributed by atoms with Gasteiger partial charge in [-0.3, -0.25) is 0 Å². The fourth-order valence-electron chi connectivity index (χ4n) is 2.21. The molecule has 0 saturated heterocycles. The van der Waals surface area contributed by atoms with Crippen LogP contribution in [0.4, 0.5) is 27.5 Å². The van der Waals surface area contributed by atoms with E-state index >= 15 is 0 Å². The molecule has 1 heterocycles. The van der Waals surface area contributed by atoms with Gasteiger partial charge < -0.3 is 15.4 Å². The Morgan fingerprint density at radius 1 is 0.917 bits per heavy atom. The summed E-state index contributed by atoms with van der Waals surface area (Å²) in [6.45, 7) is 1.87. The maximum Gasteiger partial charge on any atom is 0.229 e. The normalized spacial score (nSPS) is 10.3. The molecule has 0 fully saturated rings. The zero-order valence-corrected chi connectivity index (χ0v) is 13.4. The van der Waals surface area contributed by atoms with Crippen molar-refractivity contribution in [1.82, 2.24) is 9.97 Å². The number of anilines is 4. The average Bonchev–Trinajstić information content (AvgIpc) is 2.55. The third-order valence-corrected chi connectivity index (χ3v) is 3.30. The number of ether oxygens (including phenoxy) is 1. The molecule has 0 bridgehead atoms. The summed E-state index contributed by atoms with van der Waals surface area (Å²) in [6.07, 6.45) is 0. The molecule has 0 radical (unpaired) electrons. The van der Waals surface area contributed by atoms with Crippen LogP contribution in [-0.4, -0.2) is 17.1 Å². The van der Waals surface area contributed by atoms with Gasteiger partial charge in [0.2, 0.25) is 5.95 Å². The van der Waals surface area contributed by atoms with E-state index in [0.717, 1.165) is 17.1 Å². The molecular formula is C18H17FN4O. The van der Waals surface area contributed by atoms with Gasteiger partial charge in [-0.1, -0.05) is 6.07 Å². The van der Waals surface area contributed by atoms with Crippen molar-refractivity contribution in [2.24, 2.45) is 0 Å². The number of rotatable bonds is 5. The molecule has 0 atom stereocenters. The fraction of sp³-hybridized carbons (Fsp3) is 0.111. The monoisotopic (exact) mass is 324 g/mol. The minimum absolute atomic E-state index is 0.303. The van der Waals surface area contributed by atoms with Crippen LogP contribution in [0.25, 0.3) is 0 Å². The molecule has 0 saturated carbocycles. The van der Waals surface area contributed by atoms with E-state index in [1.807, 2.05) is 31.2 Å². The number of hydrogen-bond acceptors (Lipinski definition) is 5. The minimum Gasteiger partial charge on any atom is -0.497 e. The Morgan fingerprint density at radius 2 is 1.71 bits per heavy atom. The van der Waals surface area contributed by atoms with Crippen LogP contribution in [0, 0.1) is 12.7 Å². The fourth-order valence-corrected chi connectivity index (χ4v) is 2.21. The summed E-state index contributed by atoms with van der Waals surface area (Å²) in [5.41, 5.74) is 2.27. The first kappa shape index (κ1) is 15.7. The second kappa shape index (κ2) is 6.95. The third kappa shape index (κ3) is 3.98. The van der Waals surface area contributed by atoms with E-state index < -0.39 is 0 Å². The number of nitrogens with zero attached hydrogens (tertiary/aromatic N) is 2. The van der Waals surface area contributed by atoms with Crippen molar-refractivity contribution < 1.29 is 9.13 Å². The summed E-state index contributed by atoms with van der Waals surface area (Å²) >= 11 is 0. The Labute approximate surface area is 139 Å². The second-order valence-electron chi connectivity index (χ2n) is 5.21. The van der Waals surface area contributed by atoms with Gasteiger partial charge in [0.1, 0.15) is 17.4 Å². The molecule has 2 aromatic carbocycles. The van der Waals surface area contributed by atoms with E-state index in [-0.39, 0.29) is 5.82 Å². The Bertz CT molecular complexity index is 837. The van der Waals surface area contributed by atoms with Gasteiger partial charge in [0.25, 0.3) is 0 Å². The lowest BCUT2D eigenvalue weighted by Crippen LogP contribution is -2.02. The maximum absolute atomic E-state index is 13.3. The second-order valence-corrected chi connectivity index (χ2v) is 5.21. The number of hydrogen-bond donors (Lipinski definition) is 2. The van der Waals surface area contributed by atoms with Gasteiger partial charge >= 0.3 is 0 Å². The highest BCUT2D eigenvalue weighted by atomic mass is 19.1. The Hall–Kier alpha value is -3.15. The number of aryl methyl sites for hydroxylation is 1. The van der Waals surface area contributed by atoms with Gasteiger partial charge in [0.15, 0.2) is 0 Å². The lowest BCUT2D eigenvalue weighted by Gasteiger charge is -2.10. The first-order chi connectivity index (χ1) is 11.6. The number of methoxy groups -OCH3 is 1. The predicted molar refractivity (Wildman–Crippen MR) is 92.7 cm³/mol. The van der Waals surface area contributed by atoms with Gasteiger partial charge in [-0.25, -0.2) is 9.37 Å². The van der Waals surface area contributed by atoms with E-state index in [2.05, 4.69) is 20.6 Å². The molecule has 3 rings (SSSR count). The maximum atomic E-state index is 13.3. The molecule has 3 aromatic rings. The first-order valence-corrected chi connectivity index (χ1v) is 7.42. The van der Waals surface area contributed by atoms with E-state index in [4.69, 9.17) is 4.74 Å². The standard InChI is InChI=1S/C18H17FN4O/c1-12-10-17(21-15-5-3-4-13(19)11-15)23-18(20-12)22-14-6-8-16(24-2)9-7-14/h3-11H,1-2H3,(H2,20,21,22,23). The number of halogens is 1. The van der Waals surface area contributed by atoms with Gasteiger partial charge in [-0.15, -0.1) is 0 Å². The van der Waals surface area contributed by atoms with Gasteiger partial charge in [0.05, 0.1) is 7.11 Å². The highest BCUT2D eigenvalue weighted by molar-refractivity contribution is 5.60. The highest BCUT2D eigenvalue weighted by Crippen LogP contribution is 2.21. The molecule has 0 unspecified atom stereocenters. The van der Waals surface area contributed by atoms with Crippen LogP contribution in [0.3, 0.4) is 0 Å². The number of benzene rings is 2. The molecule has 0 aliphatic rings. The van der Waals surface area contributed by atoms with Crippen LogP contribution in [0.15, 0.2) is 54.6 Å². The van der Waals surface area contributed by atoms with E-state index in [1.165, 1.54) is 12.1 Å². The van der Waals surface area contributed by atoms with E-state index in [0.29, 0.717) is 17.5 Å². The van der Waals surface area contributed by atoms with Crippen molar-refractivity contribution in [3.8, 4) is 5.75 Å². The first-order valence-electron chi connectivity index (χ1n) is 7.42. The van der Waals surface area contributed by atoms with Gasteiger partial charge in [0, 0.05) is 23.1 Å². The van der Waals surface area contributed by atoms with Crippen LogP contribution in [0.5, 0.6) is 5.75 Å². The van der Waals surface area contributed by atoms with Crippen molar-refractivity contribution in [1.29, 1.82) is 0 Å². The molecule has 0 aliphatic carbocycles. The lowest BCUT2D eigenvalue weighted by molar-refractivity contribution is 0.415. The van der Waals surface area contributed by atoms with Gasteiger partial charge in [-0.2, -0.15) is 4.98 Å². The minimum atomic E-state index is -0.303. The molecular weight excluding hydrogens is 307 g/mol. The van der Waals surface area contributed by atoms with Crippen molar-refractivity contribution in [3.05, 3.63) is 66.1 Å². The molecule has 122 valence electrons. The molecule has 5 nitrogen and oxygen atoms in total. The number of nitrogens with one attached hydrogen (secondary N) is 2. The Kier molecular flexibility index (Phi) is 4.56. The average molecular weight is 324 g/mol. The summed E-state index contributed by atoms with van der Waals surface area (Å²) in [5.74, 6) is 1.52. The molecule has 2 N–H and O–H groups in total. The summed E-state index contributed by atoms with van der Waals surface area (Å²) < 4.78 is 18.4. The molecule has 0 aliphatic heterocycles. The van der Waals surface area contributed by atoms with Crippen LogP contribution < -0.4 is 15.4 Å². The molecule has 6 heteroatoms. The van der Waals surface area contributed by atoms with Crippen molar-refractivity contribution in [2.75, 3.05) is 17.7 Å². The smallest absolute Gasteiger partial charge is 0.229 e. The van der Waals surface area contributed by atoms with E-state index in [9.17, 15) is 4.39 Å². The van der Waals surface area contributed by atoms with Crippen molar-refractivity contribution in [3.63, 3.8) is 0 Å². The summed E-state index contributed by atoms with van der Waals surface area (Å²) in [5, 5.41) is 6.22. The van der Waals surface area contributed by atoms with Crippen LogP contribution >= 0.6 is 0 Å². The summed E-state index contributed by atoms with van der Waals surface area (Å²) in [6, 6.07) is 15.5. The summed E-state index contributed by atoms with van der Waals surface area (Å²) in [7, 11) is 1.62. The van der Waals surface area contributed by atoms with Crippen molar-refractivity contribution >= 4 is 23.1 Å². The topological polar surface area (TPSA) is 59.1 Å². The van der Waals surface area contributed by atoms with Gasteiger partial charge in [-0.05, 0) is 49.4 Å². The molecule has 0 spiro atoms. The quantitative estimate of drug-likeness (QED) is 0.727. The van der Waals surface area contributed by atoms with Crippen LogP contribution in [0.2, 0.25) is 0 Å². The predicted octanol–water partition coefficient (Wildman–Crippen LogP) is 4.42. The lowest BCUT2D eigenvalue weighted by atomic mass is 10.3.